The van der Waals surface area contributed by atoms with Crippen LogP contribution >= 0.6 is 0 Å². The van der Waals surface area contributed by atoms with E-state index >= 15 is 0 Å². The largest absolute Gasteiger partial charge is 0.396 e. The molecule has 0 aromatic heterocycles. The molecular formula is C10H19NO2. The Morgan fingerprint density at radius 3 is 2.31 bits per heavy atom. The minimum absolute atomic E-state index is 0.0254. The fourth-order valence-electron chi connectivity index (χ4n) is 0.853. The average Bonchev–Trinajstić information content (AvgIpc) is 2.19. The van der Waals surface area contributed by atoms with Crippen molar-refractivity contribution in [3.63, 3.8) is 0 Å². The van der Waals surface area contributed by atoms with Crippen LogP contribution in [0.1, 0.15) is 20.3 Å². The van der Waals surface area contributed by atoms with E-state index in [0.717, 1.165) is 6.42 Å². The molecule has 1 unspecified atom stereocenters. The number of aliphatic hydroxyl groups is 2. The van der Waals surface area contributed by atoms with Crippen molar-refractivity contribution < 1.29 is 10.2 Å². The molecule has 0 aromatic rings. The number of hydrogen-bond acceptors (Lipinski definition) is 3. The zero-order valence-corrected chi connectivity index (χ0v) is 8.38. The Morgan fingerprint density at radius 2 is 2.00 bits per heavy atom. The molecule has 0 aromatic carbocycles. The molecule has 0 rings (SSSR count). The zero-order valence-electron chi connectivity index (χ0n) is 8.38. The quantitative estimate of drug-likeness (QED) is 0.510. The minimum atomic E-state index is -0.482. The number of rotatable bonds is 6. The molecule has 13 heavy (non-hydrogen) atoms. The topological polar surface area (TPSA) is 52.5 Å². The molecule has 0 radical (unpaired) electrons. The maximum absolute atomic E-state index is 8.99. The van der Waals surface area contributed by atoms with Gasteiger partial charge in [-0.3, -0.25) is 0 Å². The monoisotopic (exact) mass is 185 g/mol. The molecule has 0 saturated carbocycles. The van der Waals surface area contributed by atoms with Crippen molar-refractivity contribution in [2.45, 2.75) is 26.3 Å². The molecule has 0 aliphatic rings. The summed E-state index contributed by atoms with van der Waals surface area (Å²) in [7, 11) is 0. The van der Waals surface area contributed by atoms with Gasteiger partial charge in [0.15, 0.2) is 0 Å². The van der Waals surface area contributed by atoms with Crippen LogP contribution in [-0.2, 0) is 0 Å². The molecule has 76 valence electrons. The van der Waals surface area contributed by atoms with Crippen LogP contribution < -0.4 is 5.32 Å². The molecule has 1 atom stereocenters. The van der Waals surface area contributed by atoms with Crippen molar-refractivity contribution in [2.24, 2.45) is 5.41 Å². The van der Waals surface area contributed by atoms with Gasteiger partial charge in [-0.1, -0.05) is 19.8 Å². The lowest BCUT2D eigenvalue weighted by atomic mass is 9.92. The summed E-state index contributed by atoms with van der Waals surface area (Å²) in [4.78, 5) is 0. The standard InChI is InChI=1S/C10H19NO2/c1-4-9(5-2)11-6-10(3,7-12)8-13/h1,9,11-13H,5-8H2,2-3H3. The van der Waals surface area contributed by atoms with Gasteiger partial charge in [0.05, 0.1) is 19.3 Å². The highest BCUT2D eigenvalue weighted by atomic mass is 16.3. The SMILES string of the molecule is C#CC(CC)NCC(C)(CO)CO. The lowest BCUT2D eigenvalue weighted by Crippen LogP contribution is -2.41. The van der Waals surface area contributed by atoms with E-state index in [1.54, 1.807) is 0 Å². The van der Waals surface area contributed by atoms with Gasteiger partial charge < -0.3 is 15.5 Å². The predicted molar refractivity (Wildman–Crippen MR) is 53.2 cm³/mol. The first-order valence-electron chi connectivity index (χ1n) is 4.53. The summed E-state index contributed by atoms with van der Waals surface area (Å²) in [5, 5.41) is 21.1. The predicted octanol–water partition coefficient (Wildman–Crippen LogP) is -0.0213. The Kier molecular flexibility index (Phi) is 5.72. The van der Waals surface area contributed by atoms with Crippen LogP contribution in [0.15, 0.2) is 0 Å². The Labute approximate surface area is 80.2 Å². The minimum Gasteiger partial charge on any atom is -0.396 e. The fourth-order valence-corrected chi connectivity index (χ4v) is 0.853. The second-order valence-electron chi connectivity index (χ2n) is 3.64. The van der Waals surface area contributed by atoms with E-state index in [1.165, 1.54) is 0 Å². The van der Waals surface area contributed by atoms with Gasteiger partial charge in [0.1, 0.15) is 0 Å². The first kappa shape index (κ1) is 12.4. The van der Waals surface area contributed by atoms with Crippen LogP contribution in [0.4, 0.5) is 0 Å². The third kappa shape index (κ3) is 4.28. The van der Waals surface area contributed by atoms with Crippen molar-refractivity contribution in [3.05, 3.63) is 0 Å². The third-order valence-corrected chi connectivity index (χ3v) is 2.15. The van der Waals surface area contributed by atoms with Crippen LogP contribution in [0.2, 0.25) is 0 Å². The van der Waals surface area contributed by atoms with Crippen LogP contribution in [0, 0.1) is 17.8 Å². The number of hydrogen-bond donors (Lipinski definition) is 3. The van der Waals surface area contributed by atoms with Crippen LogP contribution in [-0.4, -0.2) is 36.0 Å². The molecule has 0 saturated heterocycles. The molecule has 0 spiro atoms. The Bertz CT molecular complexity index is 170. The van der Waals surface area contributed by atoms with E-state index in [2.05, 4.69) is 11.2 Å². The summed E-state index contributed by atoms with van der Waals surface area (Å²) >= 11 is 0. The first-order valence-corrected chi connectivity index (χ1v) is 4.53. The zero-order chi connectivity index (χ0) is 10.3. The first-order chi connectivity index (χ1) is 6.11. The lowest BCUT2D eigenvalue weighted by Gasteiger charge is -2.26. The summed E-state index contributed by atoms with van der Waals surface area (Å²) in [6.45, 7) is 4.24. The molecule has 0 bridgehead atoms. The Hall–Kier alpha value is -0.560. The third-order valence-electron chi connectivity index (χ3n) is 2.15. The highest BCUT2D eigenvalue weighted by molar-refractivity contribution is 4.98. The molecule has 0 aliphatic carbocycles. The molecule has 3 nitrogen and oxygen atoms in total. The molecule has 0 fully saturated rings. The van der Waals surface area contributed by atoms with Gasteiger partial charge in [-0.05, 0) is 6.42 Å². The second-order valence-corrected chi connectivity index (χ2v) is 3.64. The van der Waals surface area contributed by atoms with Gasteiger partial charge in [0.2, 0.25) is 0 Å². The van der Waals surface area contributed by atoms with Crippen LogP contribution in [0.25, 0.3) is 0 Å². The van der Waals surface area contributed by atoms with E-state index in [-0.39, 0.29) is 19.3 Å². The van der Waals surface area contributed by atoms with E-state index in [4.69, 9.17) is 16.6 Å². The van der Waals surface area contributed by atoms with Gasteiger partial charge in [-0.25, -0.2) is 0 Å². The van der Waals surface area contributed by atoms with Gasteiger partial charge in [-0.2, -0.15) is 0 Å². The fraction of sp³-hybridized carbons (Fsp3) is 0.800. The van der Waals surface area contributed by atoms with E-state index in [9.17, 15) is 0 Å². The van der Waals surface area contributed by atoms with E-state index < -0.39 is 5.41 Å². The number of nitrogens with one attached hydrogen (secondary N) is 1. The van der Waals surface area contributed by atoms with Crippen molar-refractivity contribution in [3.8, 4) is 12.3 Å². The molecule has 3 heteroatoms. The van der Waals surface area contributed by atoms with Gasteiger partial charge >= 0.3 is 0 Å². The number of aliphatic hydroxyl groups excluding tert-OH is 2. The highest BCUT2D eigenvalue weighted by Crippen LogP contribution is 2.12. The van der Waals surface area contributed by atoms with Crippen molar-refractivity contribution in [1.29, 1.82) is 0 Å². The molecular weight excluding hydrogens is 166 g/mol. The van der Waals surface area contributed by atoms with Gasteiger partial charge in [-0.15, -0.1) is 6.42 Å². The summed E-state index contributed by atoms with van der Waals surface area (Å²) in [5.74, 6) is 2.60. The van der Waals surface area contributed by atoms with E-state index in [1.807, 2.05) is 13.8 Å². The maximum Gasteiger partial charge on any atom is 0.0684 e. The molecule has 0 heterocycles. The summed E-state index contributed by atoms with van der Waals surface area (Å²) in [6, 6.07) is 0.0254. The van der Waals surface area contributed by atoms with Gasteiger partial charge in [0, 0.05) is 12.0 Å². The van der Waals surface area contributed by atoms with Crippen molar-refractivity contribution in [2.75, 3.05) is 19.8 Å². The molecule has 0 aliphatic heterocycles. The summed E-state index contributed by atoms with van der Waals surface area (Å²) in [6.07, 6.45) is 6.11. The molecule has 0 amide bonds. The highest BCUT2D eigenvalue weighted by Gasteiger charge is 2.22. The maximum atomic E-state index is 8.99. The molecule has 3 N–H and O–H groups in total. The van der Waals surface area contributed by atoms with Crippen molar-refractivity contribution in [1.82, 2.24) is 5.32 Å². The van der Waals surface area contributed by atoms with Crippen molar-refractivity contribution >= 4 is 0 Å². The Morgan fingerprint density at radius 1 is 1.46 bits per heavy atom. The normalized spacial score (nSPS) is 13.8. The summed E-state index contributed by atoms with van der Waals surface area (Å²) < 4.78 is 0. The van der Waals surface area contributed by atoms with Crippen LogP contribution in [0.3, 0.4) is 0 Å². The van der Waals surface area contributed by atoms with Gasteiger partial charge in [0.25, 0.3) is 0 Å². The second kappa shape index (κ2) is 5.98. The smallest absolute Gasteiger partial charge is 0.0684 e. The average molecular weight is 185 g/mol. The Balaban J connectivity index is 3.92. The number of terminal acetylenes is 1. The van der Waals surface area contributed by atoms with E-state index in [0.29, 0.717) is 6.54 Å². The van der Waals surface area contributed by atoms with Crippen LogP contribution in [0.5, 0.6) is 0 Å². The summed E-state index contributed by atoms with van der Waals surface area (Å²) in [5.41, 5.74) is -0.482. The lowest BCUT2D eigenvalue weighted by molar-refractivity contribution is 0.0686.